The van der Waals surface area contributed by atoms with E-state index in [0.29, 0.717) is 6.54 Å². The van der Waals surface area contributed by atoms with Gasteiger partial charge in [0.15, 0.2) is 11.6 Å². The average molecular weight is 324 g/mol. The molecule has 0 saturated heterocycles. The lowest BCUT2D eigenvalue weighted by Gasteiger charge is -2.07. The predicted octanol–water partition coefficient (Wildman–Crippen LogP) is 3.89. The number of hydrogen-bond donors (Lipinski definition) is 1. The van der Waals surface area contributed by atoms with Crippen LogP contribution in [0, 0.1) is 5.82 Å². The molecule has 0 bridgehead atoms. The molecule has 0 aromatic heterocycles. The molecule has 0 spiro atoms. The zero-order valence-corrected chi connectivity index (χ0v) is 12.2. The monoisotopic (exact) mass is 323 g/mol. The summed E-state index contributed by atoms with van der Waals surface area (Å²) in [5.74, 6) is -0.0556. The van der Waals surface area contributed by atoms with E-state index in [4.69, 9.17) is 4.74 Å². The van der Waals surface area contributed by atoms with Crippen molar-refractivity contribution >= 4 is 15.9 Å². The fourth-order valence-corrected chi connectivity index (χ4v) is 2.26. The number of ether oxygens (including phenoxy) is 1. The van der Waals surface area contributed by atoms with Crippen molar-refractivity contribution in [1.82, 2.24) is 5.32 Å². The van der Waals surface area contributed by atoms with Gasteiger partial charge in [0, 0.05) is 17.6 Å². The van der Waals surface area contributed by atoms with Gasteiger partial charge in [-0.3, -0.25) is 0 Å². The molecule has 0 unspecified atom stereocenters. The molecule has 0 aliphatic carbocycles. The van der Waals surface area contributed by atoms with Crippen molar-refractivity contribution in [2.45, 2.75) is 13.1 Å². The third-order valence-electron chi connectivity index (χ3n) is 2.76. The van der Waals surface area contributed by atoms with Crippen molar-refractivity contribution in [3.05, 3.63) is 63.9 Å². The average Bonchev–Trinajstić information content (AvgIpc) is 2.39. The number of methoxy groups -OCH3 is 1. The van der Waals surface area contributed by atoms with E-state index < -0.39 is 0 Å². The molecule has 1 N–H and O–H groups in total. The minimum Gasteiger partial charge on any atom is -0.494 e. The van der Waals surface area contributed by atoms with Gasteiger partial charge in [-0.25, -0.2) is 4.39 Å². The summed E-state index contributed by atoms with van der Waals surface area (Å²) in [7, 11) is 1.46. The van der Waals surface area contributed by atoms with E-state index in [1.54, 1.807) is 6.07 Å². The van der Waals surface area contributed by atoms with Crippen LogP contribution < -0.4 is 10.1 Å². The van der Waals surface area contributed by atoms with Crippen molar-refractivity contribution in [2.75, 3.05) is 7.11 Å². The van der Waals surface area contributed by atoms with Crippen molar-refractivity contribution < 1.29 is 9.13 Å². The van der Waals surface area contributed by atoms with Gasteiger partial charge >= 0.3 is 0 Å². The van der Waals surface area contributed by atoms with E-state index in [2.05, 4.69) is 27.3 Å². The highest BCUT2D eigenvalue weighted by atomic mass is 79.9. The van der Waals surface area contributed by atoms with E-state index in [1.165, 1.54) is 18.7 Å². The molecule has 4 heteroatoms. The van der Waals surface area contributed by atoms with Crippen LogP contribution in [0.4, 0.5) is 4.39 Å². The van der Waals surface area contributed by atoms with Crippen LogP contribution in [0.15, 0.2) is 46.9 Å². The van der Waals surface area contributed by atoms with E-state index in [-0.39, 0.29) is 11.6 Å². The normalized spacial score (nSPS) is 10.5. The molecule has 0 aliphatic heterocycles. The second-order valence-corrected chi connectivity index (χ2v) is 5.12. The SMILES string of the molecule is COc1ccc(CNCc2cccc(Br)c2)cc1F. The number of nitrogens with one attached hydrogen (secondary N) is 1. The summed E-state index contributed by atoms with van der Waals surface area (Å²) in [5, 5.41) is 3.28. The first-order valence-electron chi connectivity index (χ1n) is 5.96. The molecule has 2 nitrogen and oxygen atoms in total. The summed E-state index contributed by atoms with van der Waals surface area (Å²) in [4.78, 5) is 0. The Balaban J connectivity index is 1.90. The summed E-state index contributed by atoms with van der Waals surface area (Å²) in [6.07, 6.45) is 0. The van der Waals surface area contributed by atoms with Crippen LogP contribution in [0.25, 0.3) is 0 Å². The number of halogens is 2. The fraction of sp³-hybridized carbons (Fsp3) is 0.200. The Morgan fingerprint density at radius 2 is 1.84 bits per heavy atom. The second-order valence-electron chi connectivity index (χ2n) is 4.20. The summed E-state index contributed by atoms with van der Waals surface area (Å²) in [6.45, 7) is 1.36. The van der Waals surface area contributed by atoms with Crippen molar-refractivity contribution in [2.24, 2.45) is 0 Å². The Morgan fingerprint density at radius 1 is 1.11 bits per heavy atom. The summed E-state index contributed by atoms with van der Waals surface area (Å²) < 4.78 is 19.4. The van der Waals surface area contributed by atoms with Crippen molar-refractivity contribution in [1.29, 1.82) is 0 Å². The molecule has 2 aromatic carbocycles. The summed E-state index contributed by atoms with van der Waals surface area (Å²) in [5.41, 5.74) is 2.08. The molecular formula is C15H15BrFNO. The third kappa shape index (κ3) is 4.04. The van der Waals surface area contributed by atoms with Gasteiger partial charge in [-0.15, -0.1) is 0 Å². The van der Waals surface area contributed by atoms with E-state index >= 15 is 0 Å². The quantitative estimate of drug-likeness (QED) is 0.901. The number of benzene rings is 2. The number of rotatable bonds is 5. The molecule has 0 amide bonds. The standard InChI is InChI=1S/C15H15BrFNO/c1-19-15-6-5-12(8-14(15)17)10-18-9-11-3-2-4-13(16)7-11/h2-8,18H,9-10H2,1H3. The van der Waals surface area contributed by atoms with Gasteiger partial charge in [-0.1, -0.05) is 34.1 Å². The maximum Gasteiger partial charge on any atom is 0.165 e. The van der Waals surface area contributed by atoms with Crippen LogP contribution in [-0.2, 0) is 13.1 Å². The molecule has 0 heterocycles. The minimum absolute atomic E-state index is 0.274. The van der Waals surface area contributed by atoms with Crippen LogP contribution >= 0.6 is 15.9 Å². The third-order valence-corrected chi connectivity index (χ3v) is 3.26. The molecule has 0 atom stereocenters. The number of hydrogen-bond acceptors (Lipinski definition) is 2. The van der Waals surface area contributed by atoms with Gasteiger partial charge in [0.25, 0.3) is 0 Å². The first kappa shape index (κ1) is 14.0. The van der Waals surface area contributed by atoms with Crippen molar-refractivity contribution in [3.63, 3.8) is 0 Å². The zero-order chi connectivity index (χ0) is 13.7. The predicted molar refractivity (Wildman–Crippen MR) is 77.6 cm³/mol. The first-order valence-corrected chi connectivity index (χ1v) is 6.76. The molecule has 0 aliphatic rings. The van der Waals surface area contributed by atoms with Gasteiger partial charge in [-0.05, 0) is 35.4 Å². The Labute approximate surface area is 120 Å². The molecule has 2 rings (SSSR count). The lowest BCUT2D eigenvalue weighted by atomic mass is 10.2. The topological polar surface area (TPSA) is 21.3 Å². The van der Waals surface area contributed by atoms with Gasteiger partial charge in [-0.2, -0.15) is 0 Å². The van der Waals surface area contributed by atoms with Gasteiger partial charge in [0.1, 0.15) is 0 Å². The van der Waals surface area contributed by atoms with E-state index in [0.717, 1.165) is 16.6 Å². The summed E-state index contributed by atoms with van der Waals surface area (Å²) in [6, 6.07) is 13.1. The second kappa shape index (κ2) is 6.68. The molecule has 2 aromatic rings. The molecule has 0 saturated carbocycles. The maximum absolute atomic E-state index is 13.5. The molecule has 0 radical (unpaired) electrons. The molecular weight excluding hydrogens is 309 g/mol. The molecule has 0 fully saturated rings. The fourth-order valence-electron chi connectivity index (χ4n) is 1.82. The van der Waals surface area contributed by atoms with Crippen LogP contribution in [0.2, 0.25) is 0 Å². The van der Waals surface area contributed by atoms with Crippen LogP contribution in [0.5, 0.6) is 5.75 Å². The van der Waals surface area contributed by atoms with Gasteiger partial charge < -0.3 is 10.1 Å². The van der Waals surface area contributed by atoms with E-state index in [1.807, 2.05) is 24.3 Å². The van der Waals surface area contributed by atoms with Crippen LogP contribution in [0.3, 0.4) is 0 Å². The lowest BCUT2D eigenvalue weighted by Crippen LogP contribution is -2.12. The molecule has 19 heavy (non-hydrogen) atoms. The highest BCUT2D eigenvalue weighted by Gasteiger charge is 2.03. The largest absolute Gasteiger partial charge is 0.494 e. The Kier molecular flexibility index (Phi) is 4.93. The maximum atomic E-state index is 13.5. The van der Waals surface area contributed by atoms with Crippen LogP contribution in [0.1, 0.15) is 11.1 Å². The first-order chi connectivity index (χ1) is 9.19. The van der Waals surface area contributed by atoms with Gasteiger partial charge in [0.2, 0.25) is 0 Å². The Bertz CT molecular complexity index is 560. The van der Waals surface area contributed by atoms with Crippen molar-refractivity contribution in [3.8, 4) is 5.75 Å². The molecule has 100 valence electrons. The Hall–Kier alpha value is -1.39. The van der Waals surface area contributed by atoms with Crippen LogP contribution in [-0.4, -0.2) is 7.11 Å². The van der Waals surface area contributed by atoms with E-state index in [9.17, 15) is 4.39 Å². The Morgan fingerprint density at radius 3 is 2.47 bits per heavy atom. The lowest BCUT2D eigenvalue weighted by molar-refractivity contribution is 0.386. The highest BCUT2D eigenvalue weighted by Crippen LogP contribution is 2.17. The summed E-state index contributed by atoms with van der Waals surface area (Å²) >= 11 is 3.43. The van der Waals surface area contributed by atoms with Gasteiger partial charge in [0.05, 0.1) is 7.11 Å². The highest BCUT2D eigenvalue weighted by molar-refractivity contribution is 9.10. The smallest absolute Gasteiger partial charge is 0.165 e. The minimum atomic E-state index is -0.329. The zero-order valence-electron chi connectivity index (χ0n) is 10.6.